The van der Waals surface area contributed by atoms with E-state index in [-0.39, 0.29) is 17.7 Å². The Morgan fingerprint density at radius 2 is 1.76 bits per heavy atom. The van der Waals surface area contributed by atoms with Crippen molar-refractivity contribution in [2.75, 3.05) is 11.9 Å². The number of nitrogens with one attached hydrogen (secondary N) is 1. The second-order valence-electron chi connectivity index (χ2n) is 8.44. The van der Waals surface area contributed by atoms with Crippen molar-refractivity contribution in [1.29, 1.82) is 0 Å². The van der Waals surface area contributed by atoms with Gasteiger partial charge in [0.1, 0.15) is 5.75 Å². The van der Waals surface area contributed by atoms with Gasteiger partial charge >= 0.3 is 0 Å². The quantitative estimate of drug-likeness (QED) is 0.549. The van der Waals surface area contributed by atoms with Gasteiger partial charge in [0.2, 0.25) is 5.91 Å². The molecule has 1 aliphatic rings. The van der Waals surface area contributed by atoms with Crippen LogP contribution in [0.25, 0.3) is 0 Å². The normalized spacial score (nSPS) is 16.4. The fraction of sp³-hybridized carbons (Fsp3) is 0.286. The van der Waals surface area contributed by atoms with Gasteiger partial charge < -0.3 is 15.0 Å². The second-order valence-corrected chi connectivity index (χ2v) is 8.44. The smallest absolute Gasteiger partial charge is 0.263 e. The van der Waals surface area contributed by atoms with Crippen LogP contribution in [0.15, 0.2) is 78.9 Å². The third-order valence-corrected chi connectivity index (χ3v) is 6.09. The highest BCUT2D eigenvalue weighted by Gasteiger charge is 2.28. The number of benzene rings is 3. The monoisotopic (exact) mass is 442 g/mol. The molecule has 33 heavy (non-hydrogen) atoms. The average molecular weight is 443 g/mol. The van der Waals surface area contributed by atoms with E-state index in [1.807, 2.05) is 78.6 Å². The summed E-state index contributed by atoms with van der Waals surface area (Å²) in [6, 6.07) is 25.6. The van der Waals surface area contributed by atoms with E-state index >= 15 is 0 Å². The molecular formula is C28H30N2O3. The van der Waals surface area contributed by atoms with E-state index in [1.165, 1.54) is 5.56 Å². The number of ether oxygens (including phenoxy) is 1. The van der Waals surface area contributed by atoms with Crippen molar-refractivity contribution >= 4 is 17.5 Å². The molecule has 1 aliphatic heterocycles. The van der Waals surface area contributed by atoms with Gasteiger partial charge in [-0.25, -0.2) is 0 Å². The summed E-state index contributed by atoms with van der Waals surface area (Å²) in [7, 11) is 0. The lowest BCUT2D eigenvalue weighted by molar-refractivity contribution is -0.137. The molecule has 2 amide bonds. The highest BCUT2D eigenvalue weighted by Crippen LogP contribution is 2.30. The van der Waals surface area contributed by atoms with Gasteiger partial charge in [-0.3, -0.25) is 9.59 Å². The summed E-state index contributed by atoms with van der Waals surface area (Å²) in [5.41, 5.74) is 3.80. The Hall–Kier alpha value is -3.60. The molecule has 3 aromatic rings. The molecule has 0 spiro atoms. The summed E-state index contributed by atoms with van der Waals surface area (Å²) in [5, 5.41) is 3.06. The third-order valence-electron chi connectivity index (χ3n) is 6.09. The van der Waals surface area contributed by atoms with E-state index < -0.39 is 6.10 Å². The van der Waals surface area contributed by atoms with Crippen molar-refractivity contribution in [2.45, 2.75) is 45.3 Å². The zero-order valence-electron chi connectivity index (χ0n) is 19.2. The summed E-state index contributed by atoms with van der Waals surface area (Å²) in [6.45, 7) is 4.86. The largest absolute Gasteiger partial charge is 0.481 e. The standard InChI is InChI=1S/C28H30N2O3/c1-3-25(22-12-8-5-9-13-22)27(31)29-24-14-15-26-23(18-24)19-30(28(32)20(2)33-26)17-16-21-10-6-4-7-11-21/h4-15,18,20,25H,3,16-17,19H2,1-2H3,(H,29,31)/t20-,25-/m1/s1. The first kappa shape index (κ1) is 22.6. The first-order chi connectivity index (χ1) is 16.0. The maximum atomic E-state index is 13.0. The van der Waals surface area contributed by atoms with Crippen LogP contribution in [-0.2, 0) is 22.6 Å². The van der Waals surface area contributed by atoms with Gasteiger partial charge in [-0.2, -0.15) is 0 Å². The molecule has 5 nitrogen and oxygen atoms in total. The lowest BCUT2D eigenvalue weighted by Gasteiger charge is -2.22. The fourth-order valence-electron chi connectivity index (χ4n) is 4.26. The number of nitrogens with zero attached hydrogens (tertiary/aromatic N) is 1. The maximum absolute atomic E-state index is 13.0. The summed E-state index contributed by atoms with van der Waals surface area (Å²) < 4.78 is 5.95. The van der Waals surface area contributed by atoms with Gasteiger partial charge in [0.05, 0.1) is 5.92 Å². The van der Waals surface area contributed by atoms with Gasteiger partial charge in [-0.1, -0.05) is 67.6 Å². The average Bonchev–Trinajstić information content (AvgIpc) is 2.95. The molecule has 170 valence electrons. The number of fused-ring (bicyclic) bond motifs is 1. The predicted octanol–water partition coefficient (Wildman–Crippen LogP) is 5.17. The van der Waals surface area contributed by atoms with Gasteiger partial charge in [0.15, 0.2) is 6.10 Å². The minimum atomic E-state index is -0.551. The minimum absolute atomic E-state index is 0.0251. The zero-order valence-corrected chi connectivity index (χ0v) is 19.2. The highest BCUT2D eigenvalue weighted by molar-refractivity contribution is 5.96. The number of rotatable bonds is 7. The topological polar surface area (TPSA) is 58.6 Å². The lowest BCUT2D eigenvalue weighted by atomic mass is 9.95. The molecular weight excluding hydrogens is 412 g/mol. The van der Waals surface area contributed by atoms with E-state index in [9.17, 15) is 9.59 Å². The fourth-order valence-corrected chi connectivity index (χ4v) is 4.26. The number of carbonyl (C=O) groups is 2. The summed E-state index contributed by atoms with van der Waals surface area (Å²) >= 11 is 0. The van der Waals surface area contributed by atoms with Gasteiger partial charge in [0.25, 0.3) is 5.91 Å². The molecule has 0 radical (unpaired) electrons. The van der Waals surface area contributed by atoms with Crippen LogP contribution in [0.3, 0.4) is 0 Å². The summed E-state index contributed by atoms with van der Waals surface area (Å²) in [4.78, 5) is 27.8. The van der Waals surface area contributed by atoms with E-state index in [0.29, 0.717) is 30.9 Å². The van der Waals surface area contributed by atoms with Crippen molar-refractivity contribution < 1.29 is 14.3 Å². The maximum Gasteiger partial charge on any atom is 0.263 e. The predicted molar refractivity (Wildman–Crippen MR) is 130 cm³/mol. The summed E-state index contributed by atoms with van der Waals surface area (Å²) in [5.74, 6) is 0.405. The van der Waals surface area contributed by atoms with Crippen LogP contribution in [0.5, 0.6) is 5.75 Å². The number of anilines is 1. The van der Waals surface area contributed by atoms with E-state index in [1.54, 1.807) is 6.92 Å². The minimum Gasteiger partial charge on any atom is -0.481 e. The van der Waals surface area contributed by atoms with Crippen LogP contribution < -0.4 is 10.1 Å². The zero-order chi connectivity index (χ0) is 23.2. The molecule has 0 aromatic heterocycles. The van der Waals surface area contributed by atoms with Gasteiger partial charge in [-0.05, 0) is 49.1 Å². The molecule has 0 fully saturated rings. The van der Waals surface area contributed by atoms with Crippen LogP contribution in [0.4, 0.5) is 5.69 Å². The van der Waals surface area contributed by atoms with Crippen LogP contribution in [0, 0.1) is 0 Å². The molecule has 3 aromatic carbocycles. The number of hydrogen-bond donors (Lipinski definition) is 1. The molecule has 0 saturated carbocycles. The van der Waals surface area contributed by atoms with E-state index in [0.717, 1.165) is 17.5 Å². The number of amides is 2. The Kier molecular flexibility index (Phi) is 7.08. The molecule has 5 heteroatoms. The van der Waals surface area contributed by atoms with Crippen molar-refractivity contribution in [3.63, 3.8) is 0 Å². The Labute approximate surface area is 195 Å². The first-order valence-corrected chi connectivity index (χ1v) is 11.5. The molecule has 0 aliphatic carbocycles. The molecule has 0 bridgehead atoms. The van der Waals surface area contributed by atoms with Crippen molar-refractivity contribution in [2.24, 2.45) is 0 Å². The Morgan fingerprint density at radius 3 is 2.45 bits per heavy atom. The van der Waals surface area contributed by atoms with E-state index in [2.05, 4.69) is 17.4 Å². The van der Waals surface area contributed by atoms with E-state index in [4.69, 9.17) is 4.74 Å². The lowest BCUT2D eigenvalue weighted by Crippen LogP contribution is -2.39. The van der Waals surface area contributed by atoms with Crippen molar-refractivity contribution in [3.05, 3.63) is 95.6 Å². The SMILES string of the molecule is CC[C@@H](C(=O)Nc1ccc2c(c1)CN(CCc1ccccc1)C(=O)[C@@H](C)O2)c1ccccc1. The molecule has 1 N–H and O–H groups in total. The Morgan fingerprint density at radius 1 is 1.06 bits per heavy atom. The summed E-state index contributed by atoms with van der Waals surface area (Å²) in [6.07, 6.45) is 0.939. The van der Waals surface area contributed by atoms with Crippen LogP contribution in [0.1, 0.15) is 42.9 Å². The van der Waals surface area contributed by atoms with Crippen LogP contribution >= 0.6 is 0 Å². The second kappa shape index (κ2) is 10.3. The molecule has 1 heterocycles. The molecule has 4 rings (SSSR count). The number of carbonyl (C=O) groups excluding carboxylic acids is 2. The van der Waals surface area contributed by atoms with Gasteiger partial charge in [-0.15, -0.1) is 0 Å². The van der Waals surface area contributed by atoms with Crippen LogP contribution in [0.2, 0.25) is 0 Å². The highest BCUT2D eigenvalue weighted by atomic mass is 16.5. The third kappa shape index (κ3) is 5.43. The molecule has 0 saturated heterocycles. The molecule has 2 atom stereocenters. The molecule has 0 unspecified atom stereocenters. The first-order valence-electron chi connectivity index (χ1n) is 11.5. The van der Waals surface area contributed by atoms with Crippen molar-refractivity contribution in [3.8, 4) is 5.75 Å². The number of hydrogen-bond acceptors (Lipinski definition) is 3. The Bertz CT molecular complexity index is 1100. The van der Waals surface area contributed by atoms with Crippen molar-refractivity contribution in [1.82, 2.24) is 4.90 Å². The van der Waals surface area contributed by atoms with Crippen LogP contribution in [-0.4, -0.2) is 29.4 Å². The van der Waals surface area contributed by atoms with Gasteiger partial charge in [0, 0.05) is 24.3 Å². The Balaban J connectivity index is 1.50.